The van der Waals surface area contributed by atoms with Crippen molar-refractivity contribution in [3.05, 3.63) is 174 Å². The van der Waals surface area contributed by atoms with Gasteiger partial charge in [0.1, 0.15) is 72.2 Å². The average Bonchev–Trinajstić information content (AvgIpc) is 1.80. The Kier molecular flexibility index (Phi) is 39.8. The van der Waals surface area contributed by atoms with Gasteiger partial charge in [0.25, 0.3) is 0 Å². The number of nitrogens with two attached hydrogens (primary N) is 2. The van der Waals surface area contributed by atoms with E-state index in [1.165, 1.54) is 69.3 Å². The summed E-state index contributed by atoms with van der Waals surface area (Å²) in [6.45, 7) is 6.19. The summed E-state index contributed by atoms with van der Waals surface area (Å²) in [6.07, 6.45) is 0.276. The first-order valence-electron chi connectivity index (χ1n) is 42.4. The first kappa shape index (κ1) is 102. The SMILES string of the molecule is CCCC[C@H]1C(=O)N(C)CC(=O)N[C@@H](CC(=O)O)C(=O)NC(C(C)C)C(=O)N(C)[C@@H](Cc2ccccc2)C(=O)N[C@@H](CCCNC(=N)N)C(=O)N(C)CC(=O)N[C@@H](Cc2c[nH]c3ccccc23)C(=O)N[C@@H](Cc2ccc(O)cc2)C(=O)N[C@@H](CC(C)C)C(=O)N[C@H](C(=O)NCC(N)=O)CSCC(=O)N[C@@H](Cc2ccccc2)C(=O)N(C)C(Cc2ccccc2)C(=O)N1C. The molecule has 0 spiro atoms. The van der Waals surface area contributed by atoms with E-state index in [2.05, 4.69) is 58.2 Å². The Morgan fingerprint density at radius 2 is 0.984 bits per heavy atom. The van der Waals surface area contributed by atoms with Gasteiger partial charge in [0.05, 0.1) is 31.8 Å². The lowest BCUT2D eigenvalue weighted by Crippen LogP contribution is -2.61. The number of aliphatic carboxylic acids is 1. The number of fused-ring (bicyclic) bond motifs is 1. The Balaban J connectivity index is 1.33. The van der Waals surface area contributed by atoms with E-state index in [0.717, 1.165) is 26.5 Å². The normalized spacial score (nSPS) is 22.0. The van der Waals surface area contributed by atoms with Crippen molar-refractivity contribution in [2.75, 3.05) is 72.9 Å². The monoisotopic (exact) mass is 1790 g/mol. The fourth-order valence-corrected chi connectivity index (χ4v) is 15.5. The number of para-hydroxylation sites is 1. The predicted molar refractivity (Wildman–Crippen MR) is 479 cm³/mol. The molecular formula is C90H121N19O18S. The summed E-state index contributed by atoms with van der Waals surface area (Å²) in [4.78, 5) is 243. The number of hydrogen-bond donors (Lipinski definition) is 16. The summed E-state index contributed by atoms with van der Waals surface area (Å²) >= 11 is 0.828. The second-order valence-electron chi connectivity index (χ2n) is 32.7. The van der Waals surface area contributed by atoms with Crippen LogP contribution in [0.15, 0.2) is 146 Å². The van der Waals surface area contributed by atoms with E-state index in [-0.39, 0.29) is 81.8 Å². The number of H-pyrrole nitrogens is 1. The van der Waals surface area contributed by atoms with Gasteiger partial charge in [0, 0.05) is 96.7 Å². The third kappa shape index (κ3) is 31.6. The second-order valence-corrected chi connectivity index (χ2v) is 33.7. The molecule has 1 fully saturated rings. The number of carboxylic acid groups (broad SMARTS) is 1. The maximum Gasteiger partial charge on any atom is 0.305 e. The number of guanidine groups is 1. The Morgan fingerprint density at radius 1 is 0.492 bits per heavy atom. The third-order valence-electron chi connectivity index (χ3n) is 21.7. The number of aromatic nitrogens is 1. The van der Waals surface area contributed by atoms with E-state index in [1.807, 2.05) is 6.92 Å². The molecule has 2 heterocycles. The smallest absolute Gasteiger partial charge is 0.305 e. The van der Waals surface area contributed by atoms with Crippen LogP contribution in [-0.4, -0.2) is 280 Å². The maximum absolute atomic E-state index is 15.5. The molecule has 0 aliphatic carbocycles. The maximum atomic E-state index is 15.5. The number of carboxylic acids is 1. The van der Waals surface area contributed by atoms with Crippen molar-refractivity contribution in [1.29, 1.82) is 5.41 Å². The molecule has 18 N–H and O–H groups in total. The largest absolute Gasteiger partial charge is 0.508 e. The van der Waals surface area contributed by atoms with E-state index < -0.39 is 205 Å². The fraction of sp³-hybridized carbons (Fsp3) is 0.456. The van der Waals surface area contributed by atoms with Crippen LogP contribution in [0, 0.1) is 17.2 Å². The van der Waals surface area contributed by atoms with Crippen LogP contribution in [-0.2, 0) is 109 Å². The lowest BCUT2D eigenvalue weighted by molar-refractivity contribution is -0.151. The zero-order valence-electron chi connectivity index (χ0n) is 73.8. The van der Waals surface area contributed by atoms with Crippen molar-refractivity contribution in [1.82, 2.24) is 82.7 Å². The minimum Gasteiger partial charge on any atom is -0.508 e. The van der Waals surface area contributed by atoms with Gasteiger partial charge in [-0.15, -0.1) is 11.8 Å². The van der Waals surface area contributed by atoms with Gasteiger partial charge in [-0.05, 0) is 83.5 Å². The summed E-state index contributed by atoms with van der Waals surface area (Å²) in [5, 5.41) is 55.6. The first-order chi connectivity index (χ1) is 60.8. The number of rotatable bonds is 25. The van der Waals surface area contributed by atoms with Gasteiger partial charge in [-0.3, -0.25) is 82.1 Å². The zero-order valence-corrected chi connectivity index (χ0v) is 74.6. The number of nitrogens with one attached hydrogen (secondary N) is 12. The topological polar surface area (TPSA) is 542 Å². The Bertz CT molecular complexity index is 4850. The number of aromatic amines is 1. The van der Waals surface area contributed by atoms with Crippen LogP contribution >= 0.6 is 11.8 Å². The number of aromatic hydroxyl groups is 1. The van der Waals surface area contributed by atoms with Gasteiger partial charge in [-0.2, -0.15) is 0 Å². The minimum atomic E-state index is -1.90. The van der Waals surface area contributed by atoms with Crippen molar-refractivity contribution in [2.24, 2.45) is 23.3 Å². The van der Waals surface area contributed by atoms with Gasteiger partial charge in [-0.25, -0.2) is 0 Å². The summed E-state index contributed by atoms with van der Waals surface area (Å²) in [5.41, 5.74) is 14.3. The second kappa shape index (κ2) is 50.1. The fourth-order valence-electron chi connectivity index (χ4n) is 14.7. The molecule has 1 aromatic heterocycles. The van der Waals surface area contributed by atoms with Crippen LogP contribution in [0.3, 0.4) is 0 Å². The van der Waals surface area contributed by atoms with Gasteiger partial charge in [-0.1, -0.05) is 169 Å². The highest BCUT2D eigenvalue weighted by molar-refractivity contribution is 8.00. The quantitative estimate of drug-likeness (QED) is 0.0212. The predicted octanol–water partition coefficient (Wildman–Crippen LogP) is 0.642. The molecule has 37 nitrogen and oxygen atoms in total. The third-order valence-corrected chi connectivity index (χ3v) is 22.7. The van der Waals surface area contributed by atoms with Crippen molar-refractivity contribution < 1.29 is 86.9 Å². The van der Waals surface area contributed by atoms with Crippen molar-refractivity contribution in [3.63, 3.8) is 0 Å². The van der Waals surface area contributed by atoms with E-state index in [0.29, 0.717) is 51.6 Å². The van der Waals surface area contributed by atoms with Crippen molar-refractivity contribution >= 4 is 123 Å². The molecule has 7 rings (SSSR count). The number of phenolic OH excluding ortho intramolecular Hbond substituents is 1. The lowest BCUT2D eigenvalue weighted by Gasteiger charge is -2.37. The molecule has 0 radical (unpaired) electrons. The number of primary amides is 1. The van der Waals surface area contributed by atoms with Crippen LogP contribution in [0.1, 0.15) is 107 Å². The number of benzene rings is 5. The van der Waals surface area contributed by atoms with E-state index in [9.17, 15) is 53.4 Å². The number of nitrogens with zero attached hydrogens (tertiary/aromatic N) is 5. The number of unbranched alkanes of at least 4 members (excludes halogenated alkanes) is 1. The Hall–Kier alpha value is -13.4. The number of likely N-dealkylation sites (N-methyl/N-ethyl adjacent to an activating group) is 5. The highest BCUT2D eigenvalue weighted by atomic mass is 32.2. The van der Waals surface area contributed by atoms with Crippen molar-refractivity contribution in [3.8, 4) is 5.75 Å². The van der Waals surface area contributed by atoms with Crippen LogP contribution in [0.5, 0.6) is 5.75 Å². The van der Waals surface area contributed by atoms with Gasteiger partial charge in [0.2, 0.25) is 88.6 Å². The lowest BCUT2D eigenvalue weighted by atomic mass is 9.98. The number of hydrogen-bond acceptors (Lipinski definition) is 19. The molecule has 690 valence electrons. The molecule has 38 heteroatoms. The number of amides is 15. The highest BCUT2D eigenvalue weighted by Crippen LogP contribution is 2.24. The number of carbonyl (C=O) groups is 16. The molecule has 0 saturated carbocycles. The summed E-state index contributed by atoms with van der Waals surface area (Å²) in [7, 11) is 6.53. The number of thioether (sulfide) groups is 1. The molecule has 11 atom stereocenters. The summed E-state index contributed by atoms with van der Waals surface area (Å²) in [5.74, 6) is -17.7. The molecule has 5 aromatic carbocycles. The van der Waals surface area contributed by atoms with Gasteiger partial charge < -0.3 is 104 Å². The van der Waals surface area contributed by atoms with Crippen LogP contribution < -0.4 is 64.6 Å². The summed E-state index contributed by atoms with van der Waals surface area (Å²) in [6, 6.07) is 21.6. The standard InChI is InChI=1S/C90H121N19O18S/c1-11-12-34-70-87(125)106(7)50-75(113)98-67(46-77(115)116)83(121)104-78(54(4)5)89(127)108(9)71(43-56-27-18-14-19-28-56)84(122)100-63(33-24-39-94-90(92)93)85(123)105(6)49-74(112)97-66(45-59-47-95-62-32-23-22-31-61(59)62)82(120)102-65(41-58-35-37-60(110)38-36-58)81(119)101-64(40-53(2)3)80(118)103-69(79(117)96-48-73(91)111)51-128-52-76(114)99-68(42-55-25-16-13-17-26-55)86(124)109(10)72(88(126)107(70)8)44-57-29-20-15-21-30-57/h13-23,25-32,35-38,47,53-54,63-72,78,95,110H,11-12,24,33-34,39-46,48-52H2,1-10H3,(H2,91,111)(H,96,117)(H,97,112)(H,98,113)(H,99,114)(H,100,122)(H,101,119)(H,102,120)(H,103,118)(H,104,121)(H,115,116)(H4,92,93,94)/t63-,64-,65-,66-,67-,68-,69-,70-,71-,72?,78?/m0/s1. The molecule has 2 unspecified atom stereocenters. The van der Waals surface area contributed by atoms with E-state index in [4.69, 9.17) is 16.9 Å². The molecule has 6 aromatic rings. The molecule has 15 amide bonds. The summed E-state index contributed by atoms with van der Waals surface area (Å²) < 4.78 is 0. The first-order valence-corrected chi connectivity index (χ1v) is 43.6. The van der Waals surface area contributed by atoms with Gasteiger partial charge >= 0.3 is 5.97 Å². The average molecular weight is 1790 g/mol. The van der Waals surface area contributed by atoms with Crippen LogP contribution in [0.4, 0.5) is 0 Å². The number of carbonyl (C=O) groups excluding carboxylic acids is 15. The highest BCUT2D eigenvalue weighted by Gasteiger charge is 2.42. The number of phenols is 1. The molecule has 1 aliphatic rings. The molecule has 1 aliphatic heterocycles. The minimum absolute atomic E-state index is 0.0108. The molecule has 128 heavy (non-hydrogen) atoms. The van der Waals surface area contributed by atoms with Crippen molar-refractivity contribution in [2.45, 2.75) is 178 Å². The molecular weight excluding hydrogens is 1670 g/mol. The van der Waals surface area contributed by atoms with Crippen LogP contribution in [0.2, 0.25) is 0 Å². The van der Waals surface area contributed by atoms with E-state index in [1.54, 1.807) is 149 Å². The Morgan fingerprint density at radius 3 is 1.55 bits per heavy atom. The molecule has 1 saturated heterocycles. The van der Waals surface area contributed by atoms with E-state index >= 15 is 33.6 Å². The Labute approximate surface area is 748 Å². The molecule has 0 bridgehead atoms. The van der Waals surface area contributed by atoms with Gasteiger partial charge in [0.15, 0.2) is 5.96 Å². The zero-order chi connectivity index (χ0) is 94.0. The van der Waals surface area contributed by atoms with Crippen LogP contribution in [0.25, 0.3) is 10.9 Å².